The zero-order valence-electron chi connectivity index (χ0n) is 8.66. The summed E-state index contributed by atoms with van der Waals surface area (Å²) in [5.74, 6) is 5.02. The summed E-state index contributed by atoms with van der Waals surface area (Å²) in [6, 6.07) is 10.2. The maximum Gasteiger partial charge on any atom is 0.0799 e. The van der Waals surface area contributed by atoms with E-state index < -0.39 is 0 Å². The third-order valence-corrected chi connectivity index (χ3v) is 1.60. The first kappa shape index (κ1) is 12.1. The second kappa shape index (κ2) is 7.77. The van der Waals surface area contributed by atoms with Crippen LogP contribution in [0.3, 0.4) is 0 Å². The molecule has 1 aromatic carbocycles. The molecule has 2 nitrogen and oxygen atoms in total. The van der Waals surface area contributed by atoms with E-state index in [9.17, 15) is 0 Å². The monoisotopic (exact) mass is 181 g/mol. The summed E-state index contributed by atoms with van der Waals surface area (Å²) in [4.78, 5) is 4.65. The lowest BCUT2D eigenvalue weighted by molar-refractivity contribution is 0.0671. The second-order valence-corrected chi connectivity index (χ2v) is 2.64. The molecule has 0 saturated heterocycles. The van der Waals surface area contributed by atoms with Gasteiger partial charge in [-0.15, -0.1) is 0 Å². The Hall–Kier alpha value is -0.860. The van der Waals surface area contributed by atoms with E-state index in [1.165, 1.54) is 5.56 Å². The molecule has 0 saturated carbocycles. The van der Waals surface area contributed by atoms with Crippen LogP contribution in [0.1, 0.15) is 26.3 Å². The molecule has 0 radical (unpaired) electrons. The van der Waals surface area contributed by atoms with Crippen molar-refractivity contribution in [3.63, 3.8) is 0 Å². The fourth-order valence-corrected chi connectivity index (χ4v) is 0.994. The molecular weight excluding hydrogens is 162 g/mol. The number of nitrogens with two attached hydrogens (primary N) is 1. The Kier molecular flexibility index (Phi) is 7.26. The Labute approximate surface area is 80.7 Å². The van der Waals surface area contributed by atoms with Crippen LogP contribution < -0.4 is 5.90 Å². The predicted molar refractivity (Wildman–Crippen MR) is 56.2 cm³/mol. The molecule has 1 aromatic rings. The van der Waals surface area contributed by atoms with Crippen molar-refractivity contribution in [2.75, 3.05) is 0 Å². The molecule has 0 aliphatic heterocycles. The van der Waals surface area contributed by atoms with Crippen LogP contribution in [0.4, 0.5) is 0 Å². The predicted octanol–water partition coefficient (Wildman–Crippen LogP) is 2.53. The Balaban J connectivity index is 0.000000671. The standard InChI is InChI=1S/C9H13NO.C2H6/c1-8(11-10)7-9-5-3-2-4-6-9;1-2/h2-6,8H,7,10H2,1H3;1-2H3. The molecule has 0 aromatic heterocycles. The van der Waals surface area contributed by atoms with E-state index >= 15 is 0 Å². The third-order valence-electron chi connectivity index (χ3n) is 1.60. The van der Waals surface area contributed by atoms with Crippen LogP contribution in [-0.2, 0) is 11.3 Å². The lowest BCUT2D eigenvalue weighted by atomic mass is 10.1. The van der Waals surface area contributed by atoms with Crippen LogP contribution in [0.2, 0.25) is 0 Å². The Morgan fingerprint density at radius 2 is 1.77 bits per heavy atom. The van der Waals surface area contributed by atoms with Gasteiger partial charge in [0, 0.05) is 6.42 Å². The van der Waals surface area contributed by atoms with Crippen molar-refractivity contribution < 1.29 is 4.84 Å². The largest absolute Gasteiger partial charge is 0.301 e. The van der Waals surface area contributed by atoms with Crippen LogP contribution in [0.25, 0.3) is 0 Å². The second-order valence-electron chi connectivity index (χ2n) is 2.64. The lowest BCUT2D eigenvalue weighted by Crippen LogP contribution is -2.15. The van der Waals surface area contributed by atoms with Crippen LogP contribution in [0.5, 0.6) is 0 Å². The fraction of sp³-hybridized carbons (Fsp3) is 0.455. The molecule has 0 amide bonds. The molecule has 1 unspecified atom stereocenters. The smallest absolute Gasteiger partial charge is 0.0799 e. The van der Waals surface area contributed by atoms with E-state index in [0.29, 0.717) is 0 Å². The summed E-state index contributed by atoms with van der Waals surface area (Å²) in [6.45, 7) is 5.95. The van der Waals surface area contributed by atoms with Gasteiger partial charge in [-0.2, -0.15) is 0 Å². The van der Waals surface area contributed by atoms with Gasteiger partial charge < -0.3 is 4.84 Å². The molecule has 1 rings (SSSR count). The van der Waals surface area contributed by atoms with Crippen LogP contribution in [0.15, 0.2) is 30.3 Å². The SMILES string of the molecule is CC.CC(Cc1ccccc1)ON. The zero-order chi connectivity index (χ0) is 10.1. The van der Waals surface area contributed by atoms with Gasteiger partial charge in [0.1, 0.15) is 0 Å². The van der Waals surface area contributed by atoms with Crippen LogP contribution in [-0.4, -0.2) is 6.10 Å². The highest BCUT2D eigenvalue weighted by atomic mass is 16.6. The van der Waals surface area contributed by atoms with E-state index in [1.807, 2.05) is 39.0 Å². The van der Waals surface area contributed by atoms with Gasteiger partial charge in [0.2, 0.25) is 0 Å². The third kappa shape index (κ3) is 5.39. The Morgan fingerprint density at radius 1 is 1.23 bits per heavy atom. The molecule has 0 heterocycles. The number of rotatable bonds is 3. The van der Waals surface area contributed by atoms with Crippen LogP contribution >= 0.6 is 0 Å². The van der Waals surface area contributed by atoms with Gasteiger partial charge in [0.25, 0.3) is 0 Å². The fourth-order valence-electron chi connectivity index (χ4n) is 0.994. The maximum absolute atomic E-state index is 5.02. The number of benzene rings is 1. The molecule has 0 spiro atoms. The molecule has 74 valence electrons. The summed E-state index contributed by atoms with van der Waals surface area (Å²) in [6.07, 6.45) is 0.967. The van der Waals surface area contributed by atoms with Gasteiger partial charge in [-0.3, -0.25) is 0 Å². The Bertz CT molecular complexity index is 199. The first-order valence-corrected chi connectivity index (χ1v) is 4.72. The normalized spacial score (nSPS) is 11.4. The van der Waals surface area contributed by atoms with Crippen molar-refractivity contribution in [1.29, 1.82) is 0 Å². The maximum atomic E-state index is 5.02. The molecule has 0 fully saturated rings. The van der Waals surface area contributed by atoms with Crippen molar-refractivity contribution in [2.24, 2.45) is 5.90 Å². The molecule has 13 heavy (non-hydrogen) atoms. The summed E-state index contributed by atoms with van der Waals surface area (Å²) < 4.78 is 0. The molecule has 1 atom stereocenters. The Morgan fingerprint density at radius 3 is 2.23 bits per heavy atom. The van der Waals surface area contributed by atoms with E-state index in [1.54, 1.807) is 0 Å². The zero-order valence-corrected chi connectivity index (χ0v) is 8.66. The van der Waals surface area contributed by atoms with Gasteiger partial charge in [-0.05, 0) is 12.5 Å². The highest BCUT2D eigenvalue weighted by molar-refractivity contribution is 5.15. The summed E-state index contributed by atoms with van der Waals surface area (Å²) in [7, 11) is 0. The number of hydrogen-bond acceptors (Lipinski definition) is 2. The minimum atomic E-state index is 0.0948. The highest BCUT2D eigenvalue weighted by Crippen LogP contribution is 2.03. The van der Waals surface area contributed by atoms with Gasteiger partial charge >= 0.3 is 0 Å². The highest BCUT2D eigenvalue weighted by Gasteiger charge is 1.99. The van der Waals surface area contributed by atoms with Gasteiger partial charge in [0.15, 0.2) is 0 Å². The first-order valence-electron chi connectivity index (χ1n) is 4.72. The van der Waals surface area contributed by atoms with Gasteiger partial charge in [-0.25, -0.2) is 5.90 Å². The first-order chi connectivity index (χ1) is 6.33. The molecule has 0 aliphatic carbocycles. The summed E-state index contributed by atoms with van der Waals surface area (Å²) >= 11 is 0. The minimum Gasteiger partial charge on any atom is -0.301 e. The molecule has 2 heteroatoms. The average Bonchev–Trinajstić information content (AvgIpc) is 2.22. The molecular formula is C11H19NO. The van der Waals surface area contributed by atoms with E-state index in [2.05, 4.69) is 17.0 Å². The van der Waals surface area contributed by atoms with E-state index in [4.69, 9.17) is 5.90 Å². The topological polar surface area (TPSA) is 35.2 Å². The molecule has 0 bridgehead atoms. The summed E-state index contributed by atoms with van der Waals surface area (Å²) in [5, 5.41) is 0. The molecule has 2 N–H and O–H groups in total. The quantitative estimate of drug-likeness (QED) is 0.727. The van der Waals surface area contributed by atoms with Crippen molar-refractivity contribution in [3.05, 3.63) is 35.9 Å². The average molecular weight is 181 g/mol. The minimum absolute atomic E-state index is 0.0948. The number of hydrogen-bond donors (Lipinski definition) is 1. The van der Waals surface area contributed by atoms with E-state index in [0.717, 1.165) is 6.42 Å². The summed E-state index contributed by atoms with van der Waals surface area (Å²) in [5.41, 5.74) is 1.26. The lowest BCUT2D eigenvalue weighted by Gasteiger charge is -2.07. The van der Waals surface area contributed by atoms with E-state index in [-0.39, 0.29) is 6.10 Å². The van der Waals surface area contributed by atoms with Crippen molar-refractivity contribution in [1.82, 2.24) is 0 Å². The van der Waals surface area contributed by atoms with Gasteiger partial charge in [-0.1, -0.05) is 44.2 Å². The van der Waals surface area contributed by atoms with Gasteiger partial charge in [0.05, 0.1) is 6.10 Å². The van der Waals surface area contributed by atoms with Crippen molar-refractivity contribution >= 4 is 0 Å². The van der Waals surface area contributed by atoms with Crippen LogP contribution in [0, 0.1) is 0 Å². The van der Waals surface area contributed by atoms with Crippen molar-refractivity contribution in [3.8, 4) is 0 Å². The van der Waals surface area contributed by atoms with Crippen molar-refractivity contribution in [2.45, 2.75) is 33.3 Å². The molecule has 0 aliphatic rings.